The Labute approximate surface area is 87.2 Å². The topological polar surface area (TPSA) is 35.2 Å². The van der Waals surface area contributed by atoms with Crippen LogP contribution in [0.1, 0.15) is 24.9 Å². The van der Waals surface area contributed by atoms with Gasteiger partial charge in [-0.1, -0.05) is 22.9 Å². The fourth-order valence-corrected chi connectivity index (χ4v) is 1.64. The van der Waals surface area contributed by atoms with E-state index in [0.29, 0.717) is 0 Å². The van der Waals surface area contributed by atoms with Gasteiger partial charge in [-0.3, -0.25) is 0 Å². The number of ether oxygens (including phenoxy) is 1. The van der Waals surface area contributed by atoms with Crippen LogP contribution in [0, 0.1) is 0 Å². The minimum atomic E-state index is 0.0893. The van der Waals surface area contributed by atoms with Gasteiger partial charge in [0.1, 0.15) is 5.75 Å². The van der Waals surface area contributed by atoms with E-state index in [-0.39, 0.29) is 6.04 Å². The lowest BCUT2D eigenvalue weighted by molar-refractivity contribution is 0.413. The van der Waals surface area contributed by atoms with Gasteiger partial charge in [0.2, 0.25) is 0 Å². The van der Waals surface area contributed by atoms with Crippen LogP contribution in [0.2, 0.25) is 0 Å². The molecular weight excluding hydrogens is 230 g/mol. The van der Waals surface area contributed by atoms with Crippen molar-refractivity contribution in [2.45, 2.75) is 19.4 Å². The van der Waals surface area contributed by atoms with Crippen molar-refractivity contribution in [2.24, 2.45) is 5.73 Å². The van der Waals surface area contributed by atoms with Gasteiger partial charge in [-0.15, -0.1) is 0 Å². The largest absolute Gasteiger partial charge is 0.497 e. The van der Waals surface area contributed by atoms with E-state index < -0.39 is 0 Å². The Balaban J connectivity index is 3.01. The second-order valence-electron chi connectivity index (χ2n) is 2.94. The van der Waals surface area contributed by atoms with Gasteiger partial charge in [-0.25, -0.2) is 0 Å². The number of nitrogens with two attached hydrogens (primary N) is 1. The zero-order valence-corrected chi connectivity index (χ0v) is 9.47. The Bertz CT molecular complexity index is 288. The highest BCUT2D eigenvalue weighted by atomic mass is 79.9. The molecule has 13 heavy (non-hydrogen) atoms. The molecule has 0 bridgehead atoms. The quantitative estimate of drug-likeness (QED) is 0.887. The molecule has 0 aliphatic rings. The Hall–Kier alpha value is -0.540. The van der Waals surface area contributed by atoms with E-state index in [9.17, 15) is 0 Å². The molecule has 0 fully saturated rings. The third-order valence-electron chi connectivity index (χ3n) is 2.00. The summed E-state index contributed by atoms with van der Waals surface area (Å²) in [5.41, 5.74) is 7.02. The van der Waals surface area contributed by atoms with Crippen LogP contribution in [0.25, 0.3) is 0 Å². The Kier molecular flexibility index (Phi) is 3.75. The van der Waals surface area contributed by atoms with E-state index in [1.165, 1.54) is 0 Å². The van der Waals surface area contributed by atoms with Crippen molar-refractivity contribution in [1.82, 2.24) is 0 Å². The minimum absolute atomic E-state index is 0.0893. The lowest BCUT2D eigenvalue weighted by Gasteiger charge is -2.11. The fraction of sp³-hybridized carbons (Fsp3) is 0.400. The van der Waals surface area contributed by atoms with Crippen LogP contribution in [-0.4, -0.2) is 7.11 Å². The molecule has 1 aromatic rings. The lowest BCUT2D eigenvalue weighted by Crippen LogP contribution is -2.08. The smallest absolute Gasteiger partial charge is 0.120 e. The van der Waals surface area contributed by atoms with Crippen molar-refractivity contribution in [1.29, 1.82) is 0 Å². The Morgan fingerprint density at radius 2 is 2.15 bits per heavy atom. The average Bonchev–Trinajstić information content (AvgIpc) is 2.15. The van der Waals surface area contributed by atoms with Gasteiger partial charge in [-0.2, -0.15) is 0 Å². The zero-order valence-electron chi connectivity index (χ0n) is 7.88. The van der Waals surface area contributed by atoms with E-state index >= 15 is 0 Å². The highest BCUT2D eigenvalue weighted by molar-refractivity contribution is 9.10. The van der Waals surface area contributed by atoms with Crippen molar-refractivity contribution in [3.05, 3.63) is 28.2 Å². The van der Waals surface area contributed by atoms with Crippen molar-refractivity contribution < 1.29 is 4.74 Å². The monoisotopic (exact) mass is 243 g/mol. The summed E-state index contributed by atoms with van der Waals surface area (Å²) in [5.74, 6) is 0.841. The van der Waals surface area contributed by atoms with E-state index in [0.717, 1.165) is 22.2 Å². The maximum atomic E-state index is 5.91. The number of benzene rings is 1. The van der Waals surface area contributed by atoms with Crippen molar-refractivity contribution in [3.63, 3.8) is 0 Å². The summed E-state index contributed by atoms with van der Waals surface area (Å²) in [4.78, 5) is 0. The molecule has 3 heteroatoms. The summed E-state index contributed by atoms with van der Waals surface area (Å²) >= 11 is 3.42. The molecule has 0 aromatic heterocycles. The van der Waals surface area contributed by atoms with Crippen LogP contribution in [0.15, 0.2) is 22.7 Å². The zero-order chi connectivity index (χ0) is 9.84. The molecule has 1 aromatic carbocycles. The molecule has 2 nitrogen and oxygen atoms in total. The first-order valence-electron chi connectivity index (χ1n) is 4.27. The standard InChI is InChI=1S/C10H14BrNO/c1-3-10(12)7-4-8(11)6-9(5-7)13-2/h4-6,10H,3,12H2,1-2H3/t10-/m1/s1. The minimum Gasteiger partial charge on any atom is -0.497 e. The first-order chi connectivity index (χ1) is 6.17. The molecule has 0 saturated heterocycles. The van der Waals surface area contributed by atoms with E-state index in [2.05, 4.69) is 22.9 Å². The predicted molar refractivity (Wildman–Crippen MR) is 57.9 cm³/mol. The van der Waals surface area contributed by atoms with Crippen LogP contribution < -0.4 is 10.5 Å². The fourth-order valence-electron chi connectivity index (χ4n) is 1.15. The Morgan fingerprint density at radius 1 is 1.46 bits per heavy atom. The number of hydrogen-bond acceptors (Lipinski definition) is 2. The second-order valence-corrected chi connectivity index (χ2v) is 3.85. The molecule has 2 N–H and O–H groups in total. The van der Waals surface area contributed by atoms with Gasteiger partial charge in [0.15, 0.2) is 0 Å². The molecule has 1 rings (SSSR count). The molecule has 0 heterocycles. The number of hydrogen-bond donors (Lipinski definition) is 1. The maximum Gasteiger partial charge on any atom is 0.120 e. The van der Waals surface area contributed by atoms with Crippen LogP contribution in [0.4, 0.5) is 0 Å². The molecule has 72 valence electrons. The van der Waals surface area contributed by atoms with Gasteiger partial charge >= 0.3 is 0 Å². The first-order valence-corrected chi connectivity index (χ1v) is 5.06. The normalized spacial score (nSPS) is 12.6. The van der Waals surface area contributed by atoms with Crippen molar-refractivity contribution in [2.75, 3.05) is 7.11 Å². The molecule has 0 aliphatic heterocycles. The van der Waals surface area contributed by atoms with Crippen LogP contribution in [-0.2, 0) is 0 Å². The highest BCUT2D eigenvalue weighted by Crippen LogP contribution is 2.25. The lowest BCUT2D eigenvalue weighted by atomic mass is 10.1. The van der Waals surface area contributed by atoms with Gasteiger partial charge in [0.25, 0.3) is 0 Å². The molecule has 0 unspecified atom stereocenters. The second kappa shape index (κ2) is 4.63. The summed E-state index contributed by atoms with van der Waals surface area (Å²) in [6.45, 7) is 2.07. The van der Waals surface area contributed by atoms with E-state index in [1.54, 1.807) is 7.11 Å². The summed E-state index contributed by atoms with van der Waals surface area (Å²) in [6.07, 6.45) is 0.930. The third-order valence-corrected chi connectivity index (χ3v) is 2.46. The van der Waals surface area contributed by atoms with Crippen molar-refractivity contribution in [3.8, 4) is 5.75 Å². The molecular formula is C10H14BrNO. The summed E-state index contributed by atoms with van der Waals surface area (Å²) in [6, 6.07) is 6.01. The molecule has 0 aliphatic carbocycles. The summed E-state index contributed by atoms with van der Waals surface area (Å²) < 4.78 is 6.15. The molecule has 1 atom stereocenters. The van der Waals surface area contributed by atoms with Crippen LogP contribution in [0.5, 0.6) is 5.75 Å². The molecule has 0 saturated carbocycles. The number of halogens is 1. The SMILES string of the molecule is CC[C@@H](N)c1cc(Br)cc(OC)c1. The van der Waals surface area contributed by atoms with E-state index in [4.69, 9.17) is 10.5 Å². The number of rotatable bonds is 3. The maximum absolute atomic E-state index is 5.91. The molecule has 0 spiro atoms. The third kappa shape index (κ3) is 2.71. The van der Waals surface area contributed by atoms with Crippen LogP contribution in [0.3, 0.4) is 0 Å². The van der Waals surface area contributed by atoms with Gasteiger partial charge in [-0.05, 0) is 30.2 Å². The molecule has 0 radical (unpaired) electrons. The van der Waals surface area contributed by atoms with Crippen molar-refractivity contribution >= 4 is 15.9 Å². The molecule has 0 amide bonds. The van der Waals surface area contributed by atoms with Gasteiger partial charge in [0.05, 0.1) is 7.11 Å². The summed E-state index contributed by atoms with van der Waals surface area (Å²) in [5, 5.41) is 0. The Morgan fingerprint density at radius 3 is 2.69 bits per heavy atom. The first kappa shape index (κ1) is 10.5. The van der Waals surface area contributed by atoms with E-state index in [1.807, 2.05) is 18.2 Å². The van der Waals surface area contributed by atoms with Gasteiger partial charge < -0.3 is 10.5 Å². The summed E-state index contributed by atoms with van der Waals surface area (Å²) in [7, 11) is 1.66. The average molecular weight is 244 g/mol. The highest BCUT2D eigenvalue weighted by Gasteiger charge is 2.05. The van der Waals surface area contributed by atoms with Gasteiger partial charge in [0, 0.05) is 10.5 Å². The number of methoxy groups -OCH3 is 1. The predicted octanol–water partition coefficient (Wildman–Crippen LogP) is 2.87. The van der Waals surface area contributed by atoms with Crippen LogP contribution >= 0.6 is 15.9 Å².